The van der Waals surface area contributed by atoms with Crippen molar-refractivity contribution in [3.8, 4) is 0 Å². The van der Waals surface area contributed by atoms with Crippen LogP contribution in [-0.4, -0.2) is 30.5 Å². The van der Waals surface area contributed by atoms with Crippen LogP contribution in [0.3, 0.4) is 0 Å². The lowest BCUT2D eigenvalue weighted by atomic mass is 10.1. The molecule has 0 unspecified atom stereocenters. The van der Waals surface area contributed by atoms with E-state index in [9.17, 15) is 4.79 Å². The van der Waals surface area contributed by atoms with Crippen LogP contribution in [-0.2, 0) is 20.1 Å². The molecule has 134 valence electrons. The van der Waals surface area contributed by atoms with Gasteiger partial charge in [0.1, 0.15) is 5.15 Å². The maximum absolute atomic E-state index is 11.5. The minimum Gasteiger partial charge on any atom is -0.355 e. The number of carbonyl (C=O) groups is 1. The molecule has 0 saturated carbocycles. The molecule has 1 heterocycles. The summed E-state index contributed by atoms with van der Waals surface area (Å²) < 4.78 is 1.82. The van der Waals surface area contributed by atoms with E-state index in [2.05, 4.69) is 20.9 Å². The van der Waals surface area contributed by atoms with E-state index in [1.807, 2.05) is 29.8 Å². The largest absolute Gasteiger partial charge is 0.355 e. The molecule has 2 aromatic rings. The predicted molar refractivity (Wildman–Crippen MR) is 102 cm³/mol. The molecule has 0 radical (unpaired) electrons. The Hall–Kier alpha value is -2.18. The first kappa shape index (κ1) is 19.1. The van der Waals surface area contributed by atoms with E-state index in [0.717, 1.165) is 11.3 Å². The highest BCUT2D eigenvalue weighted by Crippen LogP contribution is 2.24. The van der Waals surface area contributed by atoms with E-state index in [0.29, 0.717) is 34.8 Å². The standard InChI is InChI=1S/C17H21Cl2N5O/c1-20-16(25)12-6-4-11(5-7-12)9-22-17(21-2)23-10-13-8-14(18)15(19)24(13)3/h4-8H,9-10H2,1-3H3,(H,20,25)(H2,21,22,23). The van der Waals surface area contributed by atoms with Crippen molar-refractivity contribution < 1.29 is 4.79 Å². The summed E-state index contributed by atoms with van der Waals surface area (Å²) in [5.74, 6) is 0.556. The average Bonchev–Trinajstić information content (AvgIpc) is 2.88. The number of nitrogens with one attached hydrogen (secondary N) is 3. The highest BCUT2D eigenvalue weighted by molar-refractivity contribution is 6.41. The van der Waals surface area contributed by atoms with Crippen molar-refractivity contribution in [2.75, 3.05) is 14.1 Å². The summed E-state index contributed by atoms with van der Waals surface area (Å²) in [6.45, 7) is 1.13. The van der Waals surface area contributed by atoms with Crippen LogP contribution < -0.4 is 16.0 Å². The number of benzene rings is 1. The summed E-state index contributed by atoms with van der Waals surface area (Å²) >= 11 is 12.1. The number of rotatable bonds is 5. The van der Waals surface area contributed by atoms with Crippen molar-refractivity contribution in [1.29, 1.82) is 0 Å². The number of aromatic nitrogens is 1. The first-order chi connectivity index (χ1) is 12.0. The first-order valence-electron chi connectivity index (χ1n) is 7.71. The Morgan fingerprint density at radius 3 is 2.32 bits per heavy atom. The third kappa shape index (κ3) is 4.90. The van der Waals surface area contributed by atoms with Crippen molar-refractivity contribution in [3.63, 3.8) is 0 Å². The molecule has 1 aromatic carbocycles. The van der Waals surface area contributed by atoms with Crippen molar-refractivity contribution >= 4 is 35.1 Å². The maximum Gasteiger partial charge on any atom is 0.251 e. The second kappa shape index (κ2) is 8.78. The quantitative estimate of drug-likeness (QED) is 0.550. The number of amides is 1. The molecule has 6 nitrogen and oxygen atoms in total. The number of nitrogens with zero attached hydrogens (tertiary/aromatic N) is 2. The number of guanidine groups is 1. The number of aliphatic imine (C=N–C) groups is 1. The van der Waals surface area contributed by atoms with Gasteiger partial charge in [-0.15, -0.1) is 0 Å². The fourth-order valence-corrected chi connectivity index (χ4v) is 2.67. The van der Waals surface area contributed by atoms with E-state index in [1.165, 1.54) is 0 Å². The molecule has 0 aliphatic rings. The van der Waals surface area contributed by atoms with Gasteiger partial charge in [-0.1, -0.05) is 35.3 Å². The molecular weight excluding hydrogens is 361 g/mol. The molecule has 0 atom stereocenters. The maximum atomic E-state index is 11.5. The molecular formula is C17H21Cl2N5O. The van der Waals surface area contributed by atoms with Crippen LogP contribution in [0, 0.1) is 0 Å². The van der Waals surface area contributed by atoms with Crippen LogP contribution in [0.1, 0.15) is 21.6 Å². The van der Waals surface area contributed by atoms with Crippen LogP contribution in [0.2, 0.25) is 10.2 Å². The topological polar surface area (TPSA) is 70.4 Å². The van der Waals surface area contributed by atoms with Crippen LogP contribution in [0.25, 0.3) is 0 Å². The van der Waals surface area contributed by atoms with Gasteiger partial charge in [-0.05, 0) is 23.8 Å². The lowest BCUT2D eigenvalue weighted by Gasteiger charge is -2.13. The van der Waals surface area contributed by atoms with Gasteiger partial charge in [-0.3, -0.25) is 9.79 Å². The Kier molecular flexibility index (Phi) is 6.73. The summed E-state index contributed by atoms with van der Waals surface area (Å²) in [5.41, 5.74) is 2.62. The monoisotopic (exact) mass is 381 g/mol. The second-order valence-electron chi connectivity index (χ2n) is 5.39. The molecule has 8 heteroatoms. The summed E-state index contributed by atoms with van der Waals surface area (Å²) in [6.07, 6.45) is 0. The van der Waals surface area contributed by atoms with Gasteiger partial charge in [0.2, 0.25) is 0 Å². The molecule has 1 aromatic heterocycles. The molecule has 25 heavy (non-hydrogen) atoms. The Bertz CT molecular complexity index is 768. The molecule has 0 fully saturated rings. The molecule has 2 rings (SSSR count). The van der Waals surface area contributed by atoms with Gasteiger partial charge in [0.15, 0.2) is 5.96 Å². The Labute approximate surface area is 157 Å². The number of hydrogen-bond donors (Lipinski definition) is 3. The molecule has 3 N–H and O–H groups in total. The van der Waals surface area contributed by atoms with Gasteiger partial charge >= 0.3 is 0 Å². The van der Waals surface area contributed by atoms with Gasteiger partial charge in [0.05, 0.1) is 11.6 Å². The fourth-order valence-electron chi connectivity index (χ4n) is 2.26. The smallest absolute Gasteiger partial charge is 0.251 e. The molecule has 0 bridgehead atoms. The Morgan fingerprint density at radius 1 is 1.16 bits per heavy atom. The molecule has 1 amide bonds. The number of hydrogen-bond acceptors (Lipinski definition) is 2. The van der Waals surface area contributed by atoms with Crippen molar-refractivity contribution in [3.05, 3.63) is 57.3 Å². The van der Waals surface area contributed by atoms with Gasteiger partial charge in [-0.25, -0.2) is 0 Å². The van der Waals surface area contributed by atoms with Crippen molar-refractivity contribution in [2.24, 2.45) is 12.0 Å². The average molecular weight is 382 g/mol. The van der Waals surface area contributed by atoms with Gasteiger partial charge < -0.3 is 20.5 Å². The third-order valence-corrected chi connectivity index (χ3v) is 4.62. The third-order valence-electron chi connectivity index (χ3n) is 3.78. The summed E-state index contributed by atoms with van der Waals surface area (Å²) in [7, 11) is 5.17. The molecule has 0 spiro atoms. The predicted octanol–water partition coefficient (Wildman–Crippen LogP) is 2.56. The molecule has 0 aliphatic heterocycles. The Balaban J connectivity index is 1.90. The van der Waals surface area contributed by atoms with Crippen LogP contribution in [0.4, 0.5) is 0 Å². The van der Waals surface area contributed by atoms with Gasteiger partial charge in [-0.2, -0.15) is 0 Å². The number of halogens is 2. The van der Waals surface area contributed by atoms with E-state index in [1.54, 1.807) is 26.2 Å². The molecule has 0 aliphatic carbocycles. The van der Waals surface area contributed by atoms with Crippen molar-refractivity contribution in [1.82, 2.24) is 20.5 Å². The van der Waals surface area contributed by atoms with Crippen LogP contribution in [0.5, 0.6) is 0 Å². The lowest BCUT2D eigenvalue weighted by molar-refractivity contribution is 0.0963. The Morgan fingerprint density at radius 2 is 1.80 bits per heavy atom. The van der Waals surface area contributed by atoms with E-state index < -0.39 is 0 Å². The summed E-state index contributed by atoms with van der Waals surface area (Å²) in [4.78, 5) is 15.7. The number of carbonyl (C=O) groups excluding carboxylic acids is 1. The van der Waals surface area contributed by atoms with Crippen LogP contribution in [0.15, 0.2) is 35.3 Å². The van der Waals surface area contributed by atoms with Crippen molar-refractivity contribution in [2.45, 2.75) is 13.1 Å². The van der Waals surface area contributed by atoms with E-state index in [-0.39, 0.29) is 5.91 Å². The van der Waals surface area contributed by atoms with Crippen LogP contribution >= 0.6 is 23.2 Å². The zero-order valence-corrected chi connectivity index (χ0v) is 15.9. The van der Waals surface area contributed by atoms with Gasteiger partial charge in [0, 0.05) is 38.9 Å². The fraction of sp³-hybridized carbons (Fsp3) is 0.294. The van der Waals surface area contributed by atoms with E-state index >= 15 is 0 Å². The summed E-state index contributed by atoms with van der Waals surface area (Å²) in [6, 6.07) is 9.21. The minimum atomic E-state index is -0.100. The first-order valence-corrected chi connectivity index (χ1v) is 8.47. The molecule has 0 saturated heterocycles. The highest BCUT2D eigenvalue weighted by atomic mass is 35.5. The second-order valence-corrected chi connectivity index (χ2v) is 6.15. The summed E-state index contributed by atoms with van der Waals surface area (Å²) in [5, 5.41) is 10.1. The van der Waals surface area contributed by atoms with Gasteiger partial charge in [0.25, 0.3) is 5.91 Å². The zero-order chi connectivity index (χ0) is 18.4. The zero-order valence-electron chi connectivity index (χ0n) is 14.4. The SMILES string of the molecule is CN=C(NCc1ccc(C(=O)NC)cc1)NCc1cc(Cl)c(Cl)n1C. The lowest BCUT2D eigenvalue weighted by Crippen LogP contribution is -2.36. The van der Waals surface area contributed by atoms with E-state index in [4.69, 9.17) is 23.2 Å². The highest BCUT2D eigenvalue weighted by Gasteiger charge is 2.09. The normalized spacial score (nSPS) is 11.3. The minimum absolute atomic E-state index is 0.100.